The molecule has 1 rings (SSSR count). The smallest absolute Gasteiger partial charge is 0.149 e. The summed E-state index contributed by atoms with van der Waals surface area (Å²) >= 11 is 3.56. The van der Waals surface area contributed by atoms with Gasteiger partial charge in [-0.05, 0) is 24.8 Å². The Morgan fingerprint density at radius 1 is 1.57 bits per heavy atom. The summed E-state index contributed by atoms with van der Waals surface area (Å²) in [6.07, 6.45) is 4.27. The molecule has 1 aromatic rings. The van der Waals surface area contributed by atoms with Crippen LogP contribution >= 0.6 is 23.1 Å². The summed E-state index contributed by atoms with van der Waals surface area (Å²) in [5.74, 6) is 1.15. The van der Waals surface area contributed by atoms with E-state index < -0.39 is 0 Å². The topological polar surface area (TPSA) is 38.9 Å². The van der Waals surface area contributed by atoms with Crippen molar-refractivity contribution in [3.05, 3.63) is 11.6 Å². The normalized spacial score (nSPS) is 11.9. The number of rotatable bonds is 6. The second-order valence-electron chi connectivity index (χ2n) is 4.12. The summed E-state index contributed by atoms with van der Waals surface area (Å²) in [6, 6.07) is 0. The molecule has 0 aliphatic rings. The highest BCUT2D eigenvalue weighted by atomic mass is 32.2. The lowest BCUT2D eigenvalue weighted by atomic mass is 9.88. The Kier molecular flexibility index (Phi) is 4.92. The fourth-order valence-electron chi connectivity index (χ4n) is 1.09. The van der Waals surface area contributed by atoms with Gasteiger partial charge in [-0.1, -0.05) is 25.6 Å². The Morgan fingerprint density at radius 3 is 2.93 bits per heavy atom. The largest absolute Gasteiger partial charge is 0.330 e. The molecule has 80 valence electrons. The minimum absolute atomic E-state index is 0.295. The van der Waals surface area contributed by atoms with Gasteiger partial charge in [0, 0.05) is 17.3 Å². The van der Waals surface area contributed by atoms with Gasteiger partial charge in [-0.2, -0.15) is 0 Å². The van der Waals surface area contributed by atoms with E-state index in [4.69, 9.17) is 5.73 Å². The number of nitrogens with two attached hydrogens (primary N) is 1. The SMILES string of the molecule is CC(C)(CN)CCCSc1nccs1. The van der Waals surface area contributed by atoms with Gasteiger partial charge in [-0.25, -0.2) is 4.98 Å². The molecule has 0 saturated carbocycles. The quantitative estimate of drug-likeness (QED) is 0.603. The van der Waals surface area contributed by atoms with E-state index in [0.717, 1.165) is 12.3 Å². The van der Waals surface area contributed by atoms with Crippen molar-refractivity contribution < 1.29 is 0 Å². The molecule has 0 amide bonds. The van der Waals surface area contributed by atoms with Crippen LogP contribution in [0.2, 0.25) is 0 Å². The molecule has 0 fully saturated rings. The standard InChI is InChI=1S/C10H18N2S2/c1-10(2,8-11)4-3-6-13-9-12-5-7-14-9/h5,7H,3-4,6,8,11H2,1-2H3. The van der Waals surface area contributed by atoms with Crippen molar-refractivity contribution in [3.8, 4) is 0 Å². The third kappa shape index (κ3) is 4.44. The molecular weight excluding hydrogens is 212 g/mol. The summed E-state index contributed by atoms with van der Waals surface area (Å²) < 4.78 is 1.18. The van der Waals surface area contributed by atoms with Crippen LogP contribution in [0, 0.1) is 5.41 Å². The number of thioether (sulfide) groups is 1. The molecule has 2 nitrogen and oxygen atoms in total. The Morgan fingerprint density at radius 2 is 2.36 bits per heavy atom. The first-order valence-electron chi connectivity index (χ1n) is 4.86. The fraction of sp³-hybridized carbons (Fsp3) is 0.700. The Balaban J connectivity index is 2.11. The van der Waals surface area contributed by atoms with Crippen LogP contribution in [0.5, 0.6) is 0 Å². The molecular formula is C10H18N2S2. The Hall–Kier alpha value is -0.0600. The highest BCUT2D eigenvalue weighted by Crippen LogP contribution is 2.25. The third-order valence-electron chi connectivity index (χ3n) is 2.19. The van der Waals surface area contributed by atoms with Gasteiger partial charge in [0.05, 0.1) is 0 Å². The second kappa shape index (κ2) is 5.73. The fourth-order valence-corrected chi connectivity index (χ4v) is 2.74. The van der Waals surface area contributed by atoms with Crippen molar-refractivity contribution >= 4 is 23.1 Å². The van der Waals surface area contributed by atoms with Gasteiger partial charge in [0.25, 0.3) is 0 Å². The maximum absolute atomic E-state index is 5.67. The predicted molar refractivity (Wildman–Crippen MR) is 64.9 cm³/mol. The lowest BCUT2D eigenvalue weighted by molar-refractivity contribution is 0.345. The van der Waals surface area contributed by atoms with Crippen LogP contribution in [0.4, 0.5) is 0 Å². The van der Waals surface area contributed by atoms with E-state index in [1.165, 1.54) is 17.2 Å². The Labute approximate surface area is 94.3 Å². The molecule has 0 aromatic carbocycles. The molecule has 1 heterocycles. The van der Waals surface area contributed by atoms with Crippen LogP contribution in [-0.2, 0) is 0 Å². The number of thiazole rings is 1. The molecule has 1 aromatic heterocycles. The van der Waals surface area contributed by atoms with Crippen LogP contribution < -0.4 is 5.73 Å². The lowest BCUT2D eigenvalue weighted by Gasteiger charge is -2.21. The molecule has 0 spiro atoms. The van der Waals surface area contributed by atoms with Crippen molar-refractivity contribution in [2.75, 3.05) is 12.3 Å². The van der Waals surface area contributed by atoms with Gasteiger partial charge in [0.1, 0.15) is 4.34 Å². The van der Waals surface area contributed by atoms with E-state index >= 15 is 0 Å². The number of hydrogen-bond acceptors (Lipinski definition) is 4. The van der Waals surface area contributed by atoms with E-state index in [9.17, 15) is 0 Å². The van der Waals surface area contributed by atoms with Crippen LogP contribution in [0.3, 0.4) is 0 Å². The minimum atomic E-state index is 0.295. The van der Waals surface area contributed by atoms with E-state index in [1.54, 1.807) is 11.3 Å². The number of nitrogens with zero attached hydrogens (tertiary/aromatic N) is 1. The zero-order chi connectivity index (χ0) is 10.4. The van der Waals surface area contributed by atoms with Crippen LogP contribution in [0.15, 0.2) is 15.9 Å². The maximum Gasteiger partial charge on any atom is 0.149 e. The van der Waals surface area contributed by atoms with Crippen molar-refractivity contribution in [2.24, 2.45) is 11.1 Å². The predicted octanol–water partition coefficient (Wildman–Crippen LogP) is 3.00. The van der Waals surface area contributed by atoms with Gasteiger partial charge in [-0.3, -0.25) is 0 Å². The average Bonchev–Trinajstić information content (AvgIpc) is 2.65. The van der Waals surface area contributed by atoms with Gasteiger partial charge in [-0.15, -0.1) is 11.3 Å². The molecule has 0 saturated heterocycles. The zero-order valence-electron chi connectivity index (χ0n) is 8.82. The van der Waals surface area contributed by atoms with E-state index in [1.807, 2.05) is 23.3 Å². The first-order valence-corrected chi connectivity index (χ1v) is 6.73. The summed E-state index contributed by atoms with van der Waals surface area (Å²) in [5, 5.41) is 2.02. The second-order valence-corrected chi connectivity index (χ2v) is 6.35. The molecule has 0 aliphatic heterocycles. The highest BCUT2D eigenvalue weighted by molar-refractivity contribution is 8.00. The molecule has 0 unspecified atom stereocenters. The average molecular weight is 230 g/mol. The third-order valence-corrected chi connectivity index (χ3v) is 4.24. The van der Waals surface area contributed by atoms with Gasteiger partial charge >= 0.3 is 0 Å². The Bertz CT molecular complexity index is 245. The maximum atomic E-state index is 5.67. The summed E-state index contributed by atoms with van der Waals surface area (Å²) in [7, 11) is 0. The highest BCUT2D eigenvalue weighted by Gasteiger charge is 2.14. The van der Waals surface area contributed by atoms with Crippen molar-refractivity contribution in [1.82, 2.24) is 4.98 Å². The lowest BCUT2D eigenvalue weighted by Crippen LogP contribution is -2.23. The van der Waals surface area contributed by atoms with Gasteiger partial charge in [0.2, 0.25) is 0 Å². The van der Waals surface area contributed by atoms with E-state index in [2.05, 4.69) is 18.8 Å². The van der Waals surface area contributed by atoms with E-state index in [-0.39, 0.29) is 0 Å². The molecule has 0 atom stereocenters. The molecule has 2 N–H and O–H groups in total. The first-order chi connectivity index (χ1) is 6.64. The molecule has 0 radical (unpaired) electrons. The molecule has 0 bridgehead atoms. The van der Waals surface area contributed by atoms with Crippen LogP contribution in [-0.4, -0.2) is 17.3 Å². The molecule has 14 heavy (non-hydrogen) atoms. The molecule has 4 heteroatoms. The number of hydrogen-bond donors (Lipinski definition) is 1. The first kappa shape index (κ1) is 12.0. The van der Waals surface area contributed by atoms with Crippen LogP contribution in [0.25, 0.3) is 0 Å². The van der Waals surface area contributed by atoms with Crippen molar-refractivity contribution in [1.29, 1.82) is 0 Å². The van der Waals surface area contributed by atoms with Gasteiger partial charge < -0.3 is 5.73 Å². The minimum Gasteiger partial charge on any atom is -0.330 e. The van der Waals surface area contributed by atoms with Gasteiger partial charge in [0.15, 0.2) is 0 Å². The summed E-state index contributed by atoms with van der Waals surface area (Å²) in [5.41, 5.74) is 5.96. The van der Waals surface area contributed by atoms with E-state index in [0.29, 0.717) is 5.41 Å². The van der Waals surface area contributed by atoms with Crippen molar-refractivity contribution in [3.63, 3.8) is 0 Å². The molecule has 0 aliphatic carbocycles. The zero-order valence-corrected chi connectivity index (χ0v) is 10.5. The van der Waals surface area contributed by atoms with Crippen molar-refractivity contribution in [2.45, 2.75) is 31.0 Å². The number of aromatic nitrogens is 1. The van der Waals surface area contributed by atoms with Crippen LogP contribution in [0.1, 0.15) is 26.7 Å². The summed E-state index contributed by atoms with van der Waals surface area (Å²) in [6.45, 7) is 5.22. The monoisotopic (exact) mass is 230 g/mol. The summed E-state index contributed by atoms with van der Waals surface area (Å²) in [4.78, 5) is 4.23.